The molecule has 0 saturated carbocycles. The van der Waals surface area contributed by atoms with Gasteiger partial charge in [-0.25, -0.2) is 0 Å². The van der Waals surface area contributed by atoms with Crippen molar-refractivity contribution in [2.75, 3.05) is 5.33 Å². The summed E-state index contributed by atoms with van der Waals surface area (Å²) >= 11 is 9.34. The quantitative estimate of drug-likeness (QED) is 0.610. The van der Waals surface area contributed by atoms with Crippen molar-refractivity contribution < 1.29 is 4.79 Å². The van der Waals surface area contributed by atoms with Gasteiger partial charge in [-0.2, -0.15) is 0 Å². The summed E-state index contributed by atoms with van der Waals surface area (Å²) in [6.07, 6.45) is 0. The van der Waals surface area contributed by atoms with E-state index in [1.165, 1.54) is 0 Å². The van der Waals surface area contributed by atoms with Crippen molar-refractivity contribution in [2.24, 2.45) is 0 Å². The van der Waals surface area contributed by atoms with E-state index >= 15 is 0 Å². The van der Waals surface area contributed by atoms with Crippen molar-refractivity contribution in [1.82, 2.24) is 0 Å². The molecule has 0 saturated heterocycles. The monoisotopic (exact) mass is 322 g/mol. The lowest BCUT2D eigenvalue weighted by atomic mass is 9.77. The van der Waals surface area contributed by atoms with Crippen molar-refractivity contribution in [3.8, 4) is 0 Å². The minimum absolute atomic E-state index is 0.378. The first-order valence-corrected chi connectivity index (χ1v) is 7.08. The molecule has 0 spiro atoms. The highest BCUT2D eigenvalue weighted by atomic mass is 79.9. The van der Waals surface area contributed by atoms with E-state index < -0.39 is 5.41 Å². The lowest BCUT2D eigenvalue weighted by molar-refractivity contribution is -0.114. The first-order chi connectivity index (χ1) is 8.71. The summed E-state index contributed by atoms with van der Waals surface area (Å²) in [6.45, 7) is 0. The van der Waals surface area contributed by atoms with Gasteiger partial charge in [0.1, 0.15) is 5.41 Å². The highest BCUT2D eigenvalue weighted by molar-refractivity contribution is 9.09. The Balaban J connectivity index is 2.65. The molecule has 0 aliphatic rings. The Hall–Kier alpha value is -1.12. The van der Waals surface area contributed by atoms with Crippen LogP contribution in [0.25, 0.3) is 0 Å². The van der Waals surface area contributed by atoms with Crippen LogP contribution in [0.5, 0.6) is 0 Å². The summed E-state index contributed by atoms with van der Waals surface area (Å²) in [7, 11) is 0. The number of hydrogen-bond acceptors (Lipinski definition) is 1. The highest BCUT2D eigenvalue weighted by Crippen LogP contribution is 2.36. The second-order valence-electron chi connectivity index (χ2n) is 4.04. The van der Waals surface area contributed by atoms with E-state index in [9.17, 15) is 4.79 Å². The summed E-state index contributed by atoms with van der Waals surface area (Å²) in [5, 5.41) is 0.0767. The van der Waals surface area contributed by atoms with Gasteiger partial charge in [-0.3, -0.25) is 4.79 Å². The normalized spacial score (nSPS) is 11.2. The SMILES string of the molecule is O=C(Cl)C(CBr)(c1ccccc1)c1ccccc1. The largest absolute Gasteiger partial charge is 0.280 e. The average Bonchev–Trinajstić information content (AvgIpc) is 2.42. The fourth-order valence-electron chi connectivity index (χ4n) is 2.05. The van der Waals surface area contributed by atoms with Crippen LogP contribution in [0.15, 0.2) is 60.7 Å². The zero-order valence-corrected chi connectivity index (χ0v) is 12.0. The van der Waals surface area contributed by atoms with Gasteiger partial charge in [0.25, 0.3) is 0 Å². The number of benzene rings is 2. The van der Waals surface area contributed by atoms with Gasteiger partial charge in [-0.05, 0) is 22.7 Å². The van der Waals surface area contributed by atoms with E-state index in [2.05, 4.69) is 15.9 Å². The second kappa shape index (κ2) is 5.68. The zero-order valence-electron chi connectivity index (χ0n) is 9.64. The Labute approximate surface area is 120 Å². The molecule has 0 amide bonds. The third-order valence-electron chi connectivity index (χ3n) is 3.07. The molecule has 3 heteroatoms. The maximum atomic E-state index is 12.0. The van der Waals surface area contributed by atoms with Crippen LogP contribution < -0.4 is 0 Å². The lowest BCUT2D eigenvalue weighted by Crippen LogP contribution is -2.36. The molecule has 1 nitrogen and oxygen atoms in total. The van der Waals surface area contributed by atoms with Crippen LogP contribution in [0.3, 0.4) is 0 Å². The number of carbonyl (C=O) groups is 1. The van der Waals surface area contributed by atoms with Crippen LogP contribution in [0, 0.1) is 0 Å². The molecular weight excluding hydrogens is 312 g/mol. The molecule has 0 bridgehead atoms. The van der Waals surface area contributed by atoms with Crippen molar-refractivity contribution >= 4 is 32.8 Å². The summed E-state index contributed by atoms with van der Waals surface area (Å²) in [6, 6.07) is 19.2. The number of alkyl halides is 1. The van der Waals surface area contributed by atoms with E-state index in [1.54, 1.807) is 0 Å². The summed E-state index contributed by atoms with van der Waals surface area (Å²) in [4.78, 5) is 12.0. The third kappa shape index (κ3) is 2.23. The van der Waals surface area contributed by atoms with Crippen molar-refractivity contribution in [1.29, 1.82) is 0 Å². The molecular formula is C15H12BrClO. The van der Waals surface area contributed by atoms with Crippen molar-refractivity contribution in [2.45, 2.75) is 5.41 Å². The van der Waals surface area contributed by atoms with Crippen molar-refractivity contribution in [3.05, 3.63) is 71.8 Å². The molecule has 0 fully saturated rings. The molecule has 0 heterocycles. The van der Waals surface area contributed by atoms with Crippen LogP contribution in [0.4, 0.5) is 0 Å². The Kier molecular flexibility index (Phi) is 4.20. The molecule has 0 N–H and O–H groups in total. The summed E-state index contributed by atoms with van der Waals surface area (Å²) in [5.74, 6) is 0. The Morgan fingerprint density at radius 1 is 0.944 bits per heavy atom. The van der Waals surface area contributed by atoms with E-state index in [0.717, 1.165) is 11.1 Å². The van der Waals surface area contributed by atoms with Gasteiger partial charge in [0.15, 0.2) is 0 Å². The van der Waals surface area contributed by atoms with E-state index in [0.29, 0.717) is 5.33 Å². The topological polar surface area (TPSA) is 17.1 Å². The number of rotatable bonds is 4. The first-order valence-electron chi connectivity index (χ1n) is 5.59. The Morgan fingerprint density at radius 2 is 1.33 bits per heavy atom. The fourth-order valence-corrected chi connectivity index (χ4v) is 3.39. The van der Waals surface area contributed by atoms with Crippen molar-refractivity contribution in [3.63, 3.8) is 0 Å². The zero-order chi connectivity index (χ0) is 13.0. The van der Waals surface area contributed by atoms with Crippen LogP contribution in [-0.2, 0) is 10.2 Å². The molecule has 0 atom stereocenters. The number of halogens is 2. The predicted octanol–water partition coefficient (Wildman–Crippen LogP) is 4.13. The second-order valence-corrected chi connectivity index (χ2v) is 4.95. The molecule has 0 aliphatic carbocycles. The standard InChI is InChI=1S/C15H12BrClO/c16-11-15(14(17)18,12-7-3-1-4-8-12)13-9-5-2-6-10-13/h1-10H,11H2. The molecule has 18 heavy (non-hydrogen) atoms. The third-order valence-corrected chi connectivity index (χ3v) is 4.23. The molecule has 2 rings (SSSR count). The first kappa shape index (κ1) is 13.3. The molecule has 92 valence electrons. The maximum Gasteiger partial charge on any atom is 0.237 e. The molecule has 2 aromatic carbocycles. The molecule has 0 aliphatic heterocycles. The van der Waals surface area contributed by atoms with Crippen LogP contribution in [0.2, 0.25) is 0 Å². The minimum atomic E-state index is -0.829. The highest BCUT2D eigenvalue weighted by Gasteiger charge is 2.39. The van der Waals surface area contributed by atoms with Gasteiger partial charge in [-0.1, -0.05) is 76.6 Å². The van der Waals surface area contributed by atoms with Gasteiger partial charge in [-0.15, -0.1) is 0 Å². The predicted molar refractivity (Wildman–Crippen MR) is 78.3 cm³/mol. The van der Waals surface area contributed by atoms with E-state index in [1.807, 2.05) is 60.7 Å². The molecule has 0 radical (unpaired) electrons. The summed E-state index contributed by atoms with van der Waals surface area (Å²) < 4.78 is 0. The Bertz CT molecular complexity index is 485. The average molecular weight is 324 g/mol. The summed E-state index contributed by atoms with van der Waals surface area (Å²) in [5.41, 5.74) is 0.963. The van der Waals surface area contributed by atoms with Gasteiger partial charge in [0, 0.05) is 5.33 Å². The number of carbonyl (C=O) groups excluding carboxylic acids is 1. The number of hydrogen-bond donors (Lipinski definition) is 0. The maximum absolute atomic E-state index is 12.0. The van der Waals surface area contributed by atoms with Gasteiger partial charge >= 0.3 is 0 Å². The van der Waals surface area contributed by atoms with Crippen LogP contribution >= 0.6 is 27.5 Å². The van der Waals surface area contributed by atoms with E-state index in [4.69, 9.17) is 11.6 Å². The lowest BCUT2D eigenvalue weighted by Gasteiger charge is -2.29. The van der Waals surface area contributed by atoms with Crippen LogP contribution in [0.1, 0.15) is 11.1 Å². The molecule has 0 aromatic heterocycles. The van der Waals surface area contributed by atoms with Gasteiger partial charge in [0.05, 0.1) is 0 Å². The Morgan fingerprint density at radius 3 is 1.61 bits per heavy atom. The fraction of sp³-hybridized carbons (Fsp3) is 0.133. The van der Waals surface area contributed by atoms with Gasteiger partial charge < -0.3 is 0 Å². The van der Waals surface area contributed by atoms with E-state index in [-0.39, 0.29) is 5.24 Å². The van der Waals surface area contributed by atoms with Gasteiger partial charge in [0.2, 0.25) is 5.24 Å². The minimum Gasteiger partial charge on any atom is -0.280 e. The smallest absolute Gasteiger partial charge is 0.237 e. The molecule has 0 unspecified atom stereocenters. The molecule has 2 aromatic rings. The van der Waals surface area contributed by atoms with Crippen LogP contribution in [-0.4, -0.2) is 10.6 Å².